The molecule has 1 rings (SSSR count). The number of thiocarbonyl (C=S) groups is 1. The van der Waals surface area contributed by atoms with Crippen LogP contribution in [-0.4, -0.2) is 17.7 Å². The van der Waals surface area contributed by atoms with E-state index in [-0.39, 0.29) is 0 Å². The maximum atomic E-state index is 5.34. The van der Waals surface area contributed by atoms with Gasteiger partial charge < -0.3 is 10.6 Å². The summed E-state index contributed by atoms with van der Waals surface area (Å²) in [5.74, 6) is 0. The van der Waals surface area contributed by atoms with Crippen molar-refractivity contribution in [1.82, 2.24) is 10.6 Å². The van der Waals surface area contributed by atoms with Gasteiger partial charge in [-0.1, -0.05) is 77.6 Å². The molecule has 0 heterocycles. The maximum Gasteiger partial charge on any atom is 0.166 e. The van der Waals surface area contributed by atoms with Crippen LogP contribution in [0, 0.1) is 0 Å². The van der Waals surface area contributed by atoms with Crippen molar-refractivity contribution in [3.05, 3.63) is 0 Å². The fourth-order valence-corrected chi connectivity index (χ4v) is 3.39. The summed E-state index contributed by atoms with van der Waals surface area (Å²) in [4.78, 5) is 0. The fourth-order valence-electron chi connectivity index (χ4n) is 3.12. The molecule has 0 spiro atoms. The van der Waals surface area contributed by atoms with E-state index < -0.39 is 0 Å². The summed E-state index contributed by atoms with van der Waals surface area (Å²) in [5.41, 5.74) is 0. The first-order valence-electron chi connectivity index (χ1n) is 9.37. The highest BCUT2D eigenvalue weighted by molar-refractivity contribution is 7.80. The Morgan fingerprint density at radius 2 is 1.38 bits per heavy atom. The molecule has 0 aromatic rings. The van der Waals surface area contributed by atoms with Crippen LogP contribution in [0.4, 0.5) is 0 Å². The molecule has 0 aromatic heterocycles. The van der Waals surface area contributed by atoms with Gasteiger partial charge in [0, 0.05) is 12.6 Å². The summed E-state index contributed by atoms with van der Waals surface area (Å²) in [7, 11) is 0. The molecular weight excluding hydrogens is 276 g/mol. The van der Waals surface area contributed by atoms with Crippen molar-refractivity contribution in [2.75, 3.05) is 6.54 Å². The van der Waals surface area contributed by atoms with Gasteiger partial charge in [-0.15, -0.1) is 0 Å². The van der Waals surface area contributed by atoms with Gasteiger partial charge in [-0.2, -0.15) is 0 Å². The molecule has 2 nitrogen and oxygen atoms in total. The first-order chi connectivity index (χ1) is 10.3. The van der Waals surface area contributed by atoms with Gasteiger partial charge in [-0.05, 0) is 31.5 Å². The number of nitrogens with one attached hydrogen (secondary N) is 2. The molecule has 0 radical (unpaired) electrons. The molecule has 0 atom stereocenters. The monoisotopic (exact) mass is 312 g/mol. The molecule has 1 aliphatic rings. The molecular formula is C18H36N2S. The quantitative estimate of drug-likeness (QED) is 0.377. The van der Waals surface area contributed by atoms with Crippen LogP contribution in [0.3, 0.4) is 0 Å². The molecule has 0 bridgehead atoms. The first-order valence-corrected chi connectivity index (χ1v) is 9.78. The van der Waals surface area contributed by atoms with Gasteiger partial charge >= 0.3 is 0 Å². The van der Waals surface area contributed by atoms with Crippen molar-refractivity contribution < 1.29 is 0 Å². The van der Waals surface area contributed by atoms with Gasteiger partial charge in [0.25, 0.3) is 0 Å². The second-order valence-corrected chi connectivity index (χ2v) is 6.97. The van der Waals surface area contributed by atoms with E-state index in [0.29, 0.717) is 6.04 Å². The Morgan fingerprint density at radius 3 is 1.95 bits per heavy atom. The predicted octanol–water partition coefficient (Wildman–Crippen LogP) is 5.31. The van der Waals surface area contributed by atoms with Crippen molar-refractivity contribution in [2.45, 2.75) is 103 Å². The molecule has 21 heavy (non-hydrogen) atoms. The highest BCUT2D eigenvalue weighted by Crippen LogP contribution is 2.17. The lowest BCUT2D eigenvalue weighted by Gasteiger charge is -2.15. The van der Waals surface area contributed by atoms with E-state index in [2.05, 4.69) is 17.6 Å². The van der Waals surface area contributed by atoms with Gasteiger partial charge in [-0.25, -0.2) is 0 Å². The lowest BCUT2D eigenvalue weighted by molar-refractivity contribution is 0.553. The molecule has 0 unspecified atom stereocenters. The van der Waals surface area contributed by atoms with Crippen LogP contribution in [-0.2, 0) is 0 Å². The Balaban J connectivity index is 1.76. The van der Waals surface area contributed by atoms with Crippen molar-refractivity contribution >= 4 is 17.3 Å². The molecule has 124 valence electrons. The molecule has 1 aliphatic carbocycles. The molecule has 1 fully saturated rings. The minimum atomic E-state index is 0.637. The minimum absolute atomic E-state index is 0.637. The molecule has 0 saturated heterocycles. The summed E-state index contributed by atoms with van der Waals surface area (Å²) in [5, 5.41) is 7.66. The summed E-state index contributed by atoms with van der Waals surface area (Å²) in [6, 6.07) is 0.637. The normalized spacial score (nSPS) is 15.3. The SMILES string of the molecule is CCCCCCCCCCCCNC(=S)NC1CCCC1. The van der Waals surface area contributed by atoms with Crippen molar-refractivity contribution in [1.29, 1.82) is 0 Å². The van der Waals surface area contributed by atoms with E-state index in [0.717, 1.165) is 11.7 Å². The summed E-state index contributed by atoms with van der Waals surface area (Å²) in [6.45, 7) is 3.32. The standard InChI is InChI=1S/C18H36N2S/c1-2-3-4-5-6-7-8-9-10-13-16-19-18(21)20-17-14-11-12-15-17/h17H,2-16H2,1H3,(H2,19,20,21). The largest absolute Gasteiger partial charge is 0.363 e. The molecule has 0 aromatic carbocycles. The van der Waals surface area contributed by atoms with Crippen LogP contribution in [0.15, 0.2) is 0 Å². The Bertz CT molecular complexity index is 250. The molecule has 0 amide bonds. The van der Waals surface area contributed by atoms with Gasteiger partial charge in [0.05, 0.1) is 0 Å². The fraction of sp³-hybridized carbons (Fsp3) is 0.944. The van der Waals surface area contributed by atoms with Gasteiger partial charge in [0.1, 0.15) is 0 Å². The van der Waals surface area contributed by atoms with Crippen LogP contribution in [0.1, 0.15) is 96.8 Å². The van der Waals surface area contributed by atoms with Crippen LogP contribution in [0.5, 0.6) is 0 Å². The number of hydrogen-bond acceptors (Lipinski definition) is 1. The maximum absolute atomic E-state index is 5.34. The third-order valence-corrected chi connectivity index (χ3v) is 4.77. The van der Waals surface area contributed by atoms with E-state index in [4.69, 9.17) is 12.2 Å². The zero-order valence-corrected chi connectivity index (χ0v) is 14.9. The van der Waals surface area contributed by atoms with E-state index >= 15 is 0 Å². The van der Waals surface area contributed by atoms with E-state index in [1.807, 2.05) is 0 Å². The van der Waals surface area contributed by atoms with E-state index in [9.17, 15) is 0 Å². The van der Waals surface area contributed by atoms with Crippen molar-refractivity contribution in [3.8, 4) is 0 Å². The Morgan fingerprint density at radius 1 is 0.857 bits per heavy atom. The number of rotatable bonds is 12. The molecule has 2 N–H and O–H groups in total. The van der Waals surface area contributed by atoms with Gasteiger partial charge in [0.15, 0.2) is 5.11 Å². The smallest absolute Gasteiger partial charge is 0.166 e. The van der Waals surface area contributed by atoms with Crippen molar-refractivity contribution in [3.63, 3.8) is 0 Å². The molecule has 0 aliphatic heterocycles. The van der Waals surface area contributed by atoms with Crippen molar-refractivity contribution in [2.24, 2.45) is 0 Å². The average Bonchev–Trinajstić information content (AvgIpc) is 2.97. The van der Waals surface area contributed by atoms with Crippen LogP contribution < -0.4 is 10.6 Å². The highest BCUT2D eigenvalue weighted by Gasteiger charge is 2.14. The van der Waals surface area contributed by atoms with Crippen LogP contribution in [0.25, 0.3) is 0 Å². The summed E-state index contributed by atoms with van der Waals surface area (Å²) >= 11 is 5.34. The Kier molecular flexibility index (Phi) is 11.9. The first kappa shape index (κ1) is 18.7. The van der Waals surface area contributed by atoms with Gasteiger partial charge in [0.2, 0.25) is 0 Å². The Labute approximate surface area is 137 Å². The lowest BCUT2D eigenvalue weighted by atomic mass is 10.1. The molecule has 1 saturated carbocycles. The van der Waals surface area contributed by atoms with E-state index in [1.54, 1.807) is 0 Å². The van der Waals surface area contributed by atoms with E-state index in [1.165, 1.54) is 89.9 Å². The summed E-state index contributed by atoms with van der Waals surface area (Å²) < 4.78 is 0. The molecule has 3 heteroatoms. The average molecular weight is 313 g/mol. The van der Waals surface area contributed by atoms with Crippen LogP contribution >= 0.6 is 12.2 Å². The summed E-state index contributed by atoms with van der Waals surface area (Å²) in [6.07, 6.45) is 19.2. The van der Waals surface area contributed by atoms with Crippen LogP contribution in [0.2, 0.25) is 0 Å². The zero-order chi connectivity index (χ0) is 15.2. The second-order valence-electron chi connectivity index (χ2n) is 6.56. The lowest BCUT2D eigenvalue weighted by Crippen LogP contribution is -2.40. The topological polar surface area (TPSA) is 24.1 Å². The Hall–Kier alpha value is -0.310. The highest BCUT2D eigenvalue weighted by atomic mass is 32.1. The minimum Gasteiger partial charge on any atom is -0.363 e. The second kappa shape index (κ2) is 13.4. The third-order valence-electron chi connectivity index (χ3n) is 4.51. The zero-order valence-electron chi connectivity index (χ0n) is 14.1. The predicted molar refractivity (Wildman–Crippen MR) is 97.8 cm³/mol. The third kappa shape index (κ3) is 11.0. The van der Waals surface area contributed by atoms with Gasteiger partial charge in [-0.3, -0.25) is 0 Å². The number of unbranched alkanes of at least 4 members (excludes halogenated alkanes) is 9. The number of hydrogen-bond donors (Lipinski definition) is 2.